The molecule has 0 amide bonds. The minimum absolute atomic E-state index is 0.0873. The molecule has 4 heteroatoms. The molecule has 3 nitrogen and oxygen atoms in total. The first kappa shape index (κ1) is 14.9. The van der Waals surface area contributed by atoms with Gasteiger partial charge in [-0.2, -0.15) is 0 Å². The molecule has 0 bridgehead atoms. The number of ether oxygens (including phenoxy) is 2. The Bertz CT molecular complexity index is 462. The maximum absolute atomic E-state index is 13.8. The summed E-state index contributed by atoms with van der Waals surface area (Å²) in [5.74, 6) is 0.955. The zero-order valence-corrected chi connectivity index (χ0v) is 12.5. The third-order valence-corrected chi connectivity index (χ3v) is 3.61. The largest absolute Gasteiger partial charge is 0.488 e. The third-order valence-electron chi connectivity index (χ3n) is 3.61. The molecule has 1 aliphatic carbocycles. The maximum Gasteiger partial charge on any atom is 0.167 e. The fourth-order valence-corrected chi connectivity index (χ4v) is 2.66. The molecule has 0 aliphatic heterocycles. The summed E-state index contributed by atoms with van der Waals surface area (Å²) in [6, 6.07) is 2.85. The van der Waals surface area contributed by atoms with E-state index in [9.17, 15) is 4.39 Å². The van der Waals surface area contributed by atoms with Gasteiger partial charge in [-0.3, -0.25) is 0 Å². The number of benzene rings is 1. The Morgan fingerprint density at radius 1 is 1.25 bits per heavy atom. The number of rotatable bonds is 4. The molecule has 2 N–H and O–H groups in total. The monoisotopic (exact) mass is 281 g/mol. The van der Waals surface area contributed by atoms with Crippen LogP contribution in [0.2, 0.25) is 0 Å². The molecular formula is C16H24FNO2. The predicted octanol–water partition coefficient (Wildman–Crippen LogP) is 4.15. The van der Waals surface area contributed by atoms with Gasteiger partial charge in [-0.1, -0.05) is 13.3 Å². The second-order valence-corrected chi connectivity index (χ2v) is 6.00. The third kappa shape index (κ3) is 3.78. The van der Waals surface area contributed by atoms with Crippen molar-refractivity contribution in [3.63, 3.8) is 0 Å². The zero-order valence-electron chi connectivity index (χ0n) is 12.5. The Hall–Kier alpha value is -1.45. The fraction of sp³-hybridized carbons (Fsp3) is 0.625. The molecule has 0 spiro atoms. The molecule has 20 heavy (non-hydrogen) atoms. The van der Waals surface area contributed by atoms with E-state index < -0.39 is 5.82 Å². The van der Waals surface area contributed by atoms with E-state index in [1.165, 1.54) is 18.9 Å². The van der Waals surface area contributed by atoms with Gasteiger partial charge in [0.2, 0.25) is 0 Å². The van der Waals surface area contributed by atoms with Gasteiger partial charge in [0.1, 0.15) is 5.75 Å². The van der Waals surface area contributed by atoms with Crippen molar-refractivity contribution in [2.75, 3.05) is 5.73 Å². The number of nitrogens with two attached hydrogens (primary N) is 1. The van der Waals surface area contributed by atoms with Crippen molar-refractivity contribution < 1.29 is 13.9 Å². The lowest BCUT2D eigenvalue weighted by molar-refractivity contribution is 0.129. The molecule has 1 aliphatic rings. The summed E-state index contributed by atoms with van der Waals surface area (Å²) >= 11 is 0. The molecule has 1 aromatic carbocycles. The molecular weight excluding hydrogens is 257 g/mol. The Kier molecular flexibility index (Phi) is 4.73. The van der Waals surface area contributed by atoms with Crippen LogP contribution in [0, 0.1) is 11.7 Å². The van der Waals surface area contributed by atoms with E-state index in [2.05, 4.69) is 6.92 Å². The van der Waals surface area contributed by atoms with Crippen LogP contribution in [-0.2, 0) is 0 Å². The lowest BCUT2D eigenvalue weighted by Gasteiger charge is -2.28. The second kappa shape index (κ2) is 6.33. The quantitative estimate of drug-likeness (QED) is 0.843. The van der Waals surface area contributed by atoms with Gasteiger partial charge >= 0.3 is 0 Å². The average molecular weight is 281 g/mol. The summed E-state index contributed by atoms with van der Waals surface area (Å²) in [7, 11) is 0. The SMILES string of the molecule is CC1CCCC(Oc2cc(OC(C)C)c(F)cc2N)C1. The summed E-state index contributed by atoms with van der Waals surface area (Å²) in [4.78, 5) is 0. The average Bonchev–Trinajstić information content (AvgIpc) is 2.34. The molecule has 0 aromatic heterocycles. The number of halogens is 1. The minimum Gasteiger partial charge on any atom is -0.488 e. The number of hydrogen-bond acceptors (Lipinski definition) is 3. The van der Waals surface area contributed by atoms with E-state index in [1.807, 2.05) is 13.8 Å². The Labute approximate surface area is 120 Å². The van der Waals surface area contributed by atoms with Gasteiger partial charge in [0, 0.05) is 12.1 Å². The first-order valence-electron chi connectivity index (χ1n) is 7.38. The predicted molar refractivity (Wildman–Crippen MR) is 78.6 cm³/mol. The molecule has 1 saturated carbocycles. The van der Waals surface area contributed by atoms with Crippen molar-refractivity contribution >= 4 is 5.69 Å². The van der Waals surface area contributed by atoms with Crippen LogP contribution in [-0.4, -0.2) is 12.2 Å². The van der Waals surface area contributed by atoms with Gasteiger partial charge in [0.15, 0.2) is 11.6 Å². The van der Waals surface area contributed by atoms with Gasteiger partial charge in [0.05, 0.1) is 17.9 Å². The molecule has 1 fully saturated rings. The summed E-state index contributed by atoms with van der Waals surface area (Å²) < 4.78 is 25.2. The second-order valence-electron chi connectivity index (χ2n) is 6.00. The van der Waals surface area contributed by atoms with Crippen LogP contribution in [0.5, 0.6) is 11.5 Å². The van der Waals surface area contributed by atoms with Crippen LogP contribution >= 0.6 is 0 Å². The number of nitrogen functional groups attached to an aromatic ring is 1. The van der Waals surface area contributed by atoms with Crippen LogP contribution in [0.3, 0.4) is 0 Å². The first-order valence-corrected chi connectivity index (χ1v) is 7.38. The summed E-state index contributed by atoms with van der Waals surface area (Å²) in [5, 5.41) is 0. The molecule has 112 valence electrons. The normalized spacial score (nSPS) is 22.9. The van der Waals surface area contributed by atoms with Crippen LogP contribution < -0.4 is 15.2 Å². The van der Waals surface area contributed by atoms with Crippen LogP contribution in [0.4, 0.5) is 10.1 Å². The van der Waals surface area contributed by atoms with Crippen molar-refractivity contribution in [3.8, 4) is 11.5 Å². The van der Waals surface area contributed by atoms with Crippen molar-refractivity contribution in [1.29, 1.82) is 0 Å². The molecule has 2 unspecified atom stereocenters. The van der Waals surface area contributed by atoms with Crippen molar-refractivity contribution in [2.24, 2.45) is 5.92 Å². The van der Waals surface area contributed by atoms with Gasteiger partial charge in [0.25, 0.3) is 0 Å². The lowest BCUT2D eigenvalue weighted by atomic mass is 9.89. The molecule has 0 heterocycles. The van der Waals surface area contributed by atoms with Crippen molar-refractivity contribution in [1.82, 2.24) is 0 Å². The number of anilines is 1. The van der Waals surface area contributed by atoms with E-state index in [0.717, 1.165) is 12.8 Å². The van der Waals surface area contributed by atoms with Gasteiger partial charge < -0.3 is 15.2 Å². The Morgan fingerprint density at radius 2 is 2.00 bits per heavy atom. The van der Waals surface area contributed by atoms with E-state index >= 15 is 0 Å². The highest BCUT2D eigenvalue weighted by Gasteiger charge is 2.22. The van der Waals surface area contributed by atoms with E-state index in [0.29, 0.717) is 17.4 Å². The standard InChI is InChI=1S/C16H24FNO2/c1-10(2)19-15-9-16(14(18)8-13(15)17)20-12-6-4-5-11(3)7-12/h8-12H,4-7,18H2,1-3H3. The highest BCUT2D eigenvalue weighted by molar-refractivity contribution is 5.56. The maximum atomic E-state index is 13.8. The van der Waals surface area contributed by atoms with E-state index in [-0.39, 0.29) is 18.0 Å². The van der Waals surface area contributed by atoms with Crippen molar-refractivity contribution in [2.45, 2.75) is 58.7 Å². The zero-order chi connectivity index (χ0) is 14.7. The van der Waals surface area contributed by atoms with Gasteiger partial charge in [-0.05, 0) is 39.0 Å². The van der Waals surface area contributed by atoms with Crippen molar-refractivity contribution in [3.05, 3.63) is 17.9 Å². The Morgan fingerprint density at radius 3 is 2.65 bits per heavy atom. The van der Waals surface area contributed by atoms with Gasteiger partial charge in [-0.15, -0.1) is 0 Å². The molecule has 2 rings (SSSR count). The molecule has 2 atom stereocenters. The molecule has 0 saturated heterocycles. The van der Waals surface area contributed by atoms with Crippen LogP contribution in [0.1, 0.15) is 46.5 Å². The number of hydrogen-bond donors (Lipinski definition) is 1. The highest BCUT2D eigenvalue weighted by Crippen LogP contribution is 2.34. The summed E-state index contributed by atoms with van der Waals surface area (Å²) in [5.41, 5.74) is 6.18. The summed E-state index contributed by atoms with van der Waals surface area (Å²) in [6.07, 6.45) is 4.55. The van der Waals surface area contributed by atoms with Gasteiger partial charge in [-0.25, -0.2) is 4.39 Å². The first-order chi connectivity index (χ1) is 9.45. The smallest absolute Gasteiger partial charge is 0.167 e. The van der Waals surface area contributed by atoms with Crippen LogP contribution in [0.15, 0.2) is 12.1 Å². The minimum atomic E-state index is -0.444. The molecule has 0 radical (unpaired) electrons. The van der Waals surface area contributed by atoms with Crippen LogP contribution in [0.25, 0.3) is 0 Å². The highest BCUT2D eigenvalue weighted by atomic mass is 19.1. The van der Waals surface area contributed by atoms with E-state index in [4.69, 9.17) is 15.2 Å². The molecule has 1 aromatic rings. The lowest BCUT2D eigenvalue weighted by Crippen LogP contribution is -2.24. The topological polar surface area (TPSA) is 44.5 Å². The Balaban J connectivity index is 2.13. The van der Waals surface area contributed by atoms with E-state index in [1.54, 1.807) is 6.07 Å². The fourth-order valence-electron chi connectivity index (χ4n) is 2.66. The summed E-state index contributed by atoms with van der Waals surface area (Å²) in [6.45, 7) is 5.95.